The Morgan fingerprint density at radius 2 is 2.08 bits per heavy atom. The number of methoxy groups -OCH3 is 1. The molecule has 134 valence electrons. The second-order valence-corrected chi connectivity index (χ2v) is 6.25. The molecule has 7 heteroatoms. The number of nitrogens with zero attached hydrogens (tertiary/aromatic N) is 1. The van der Waals surface area contributed by atoms with Crippen molar-refractivity contribution in [3.05, 3.63) is 24.3 Å². The molecule has 1 aliphatic rings. The van der Waals surface area contributed by atoms with Gasteiger partial charge in [0.05, 0.1) is 18.8 Å². The van der Waals surface area contributed by atoms with E-state index in [4.69, 9.17) is 10.5 Å². The average molecular weight is 356 g/mol. The predicted octanol–water partition coefficient (Wildman–Crippen LogP) is 1.71. The molecule has 1 heterocycles. The number of halogens is 1. The van der Waals surface area contributed by atoms with Gasteiger partial charge < -0.3 is 20.7 Å². The van der Waals surface area contributed by atoms with E-state index >= 15 is 0 Å². The largest absolute Gasteiger partial charge is 0.495 e. The number of rotatable bonds is 6. The zero-order valence-corrected chi connectivity index (χ0v) is 15.1. The van der Waals surface area contributed by atoms with Crippen LogP contribution in [0, 0.1) is 5.92 Å². The van der Waals surface area contributed by atoms with Gasteiger partial charge in [-0.1, -0.05) is 26.0 Å². The molecule has 0 spiro atoms. The molecule has 0 bridgehead atoms. The van der Waals surface area contributed by atoms with Gasteiger partial charge in [-0.3, -0.25) is 9.59 Å². The van der Waals surface area contributed by atoms with Crippen molar-refractivity contribution in [2.45, 2.75) is 38.8 Å². The van der Waals surface area contributed by atoms with E-state index in [-0.39, 0.29) is 24.2 Å². The lowest BCUT2D eigenvalue weighted by Gasteiger charge is -2.20. The summed E-state index contributed by atoms with van der Waals surface area (Å²) in [5.74, 6) is 0.586. The summed E-state index contributed by atoms with van der Waals surface area (Å²) in [6.07, 6.45) is 1.17. The molecule has 1 fully saturated rings. The van der Waals surface area contributed by atoms with Crippen LogP contribution in [-0.2, 0) is 9.59 Å². The summed E-state index contributed by atoms with van der Waals surface area (Å²) in [4.78, 5) is 26.3. The maximum Gasteiger partial charge on any atom is 0.249 e. The highest BCUT2D eigenvalue weighted by atomic mass is 35.5. The molecule has 1 aromatic carbocycles. The number of amides is 2. The molecule has 1 aliphatic heterocycles. The van der Waals surface area contributed by atoms with Crippen molar-refractivity contribution in [2.75, 3.05) is 18.6 Å². The Morgan fingerprint density at radius 3 is 2.71 bits per heavy atom. The van der Waals surface area contributed by atoms with Gasteiger partial charge in [0.15, 0.2) is 0 Å². The number of carbonyl (C=O) groups is 2. The van der Waals surface area contributed by atoms with Crippen LogP contribution in [0.15, 0.2) is 24.3 Å². The molecule has 3 N–H and O–H groups in total. The summed E-state index contributed by atoms with van der Waals surface area (Å²) in [5, 5.41) is 2.78. The molecular weight excluding hydrogens is 330 g/mol. The first-order valence-electron chi connectivity index (χ1n) is 7.94. The van der Waals surface area contributed by atoms with Gasteiger partial charge in [-0.05, 0) is 30.9 Å². The van der Waals surface area contributed by atoms with Crippen LogP contribution in [0.25, 0.3) is 0 Å². The van der Waals surface area contributed by atoms with Crippen LogP contribution >= 0.6 is 12.4 Å². The van der Waals surface area contributed by atoms with E-state index in [1.807, 2.05) is 38.1 Å². The van der Waals surface area contributed by atoms with Crippen molar-refractivity contribution in [1.82, 2.24) is 5.32 Å². The number of hydrogen-bond acceptors (Lipinski definition) is 4. The third-order valence-electron chi connectivity index (χ3n) is 3.96. The number of anilines is 1. The van der Waals surface area contributed by atoms with Gasteiger partial charge in [0, 0.05) is 6.54 Å². The number of nitrogens with two attached hydrogens (primary N) is 1. The van der Waals surface area contributed by atoms with Crippen molar-refractivity contribution in [2.24, 2.45) is 11.7 Å². The van der Waals surface area contributed by atoms with Crippen LogP contribution in [0.2, 0.25) is 0 Å². The lowest BCUT2D eigenvalue weighted by atomic mass is 10.0. The SMILES string of the molecule is COc1ccccc1N1CCC(NC(=O)[C@@H](N)CC(C)C)C1=O.Cl. The Balaban J connectivity index is 0.00000288. The van der Waals surface area contributed by atoms with Crippen molar-refractivity contribution in [1.29, 1.82) is 0 Å². The summed E-state index contributed by atoms with van der Waals surface area (Å²) in [5.41, 5.74) is 6.60. The topological polar surface area (TPSA) is 84.7 Å². The second kappa shape index (κ2) is 8.89. The van der Waals surface area contributed by atoms with E-state index in [2.05, 4.69) is 5.32 Å². The summed E-state index contributed by atoms with van der Waals surface area (Å²) >= 11 is 0. The smallest absolute Gasteiger partial charge is 0.249 e. The maximum absolute atomic E-state index is 12.6. The fraction of sp³-hybridized carbons (Fsp3) is 0.529. The standard InChI is InChI=1S/C17H25N3O3.ClH/c1-11(2)10-12(18)16(21)19-13-8-9-20(17(13)22)14-6-4-5-7-15(14)23-3;/h4-7,11-13H,8-10,18H2,1-3H3,(H,19,21);1H/t12-,13?;/m0./s1. The van der Waals surface area contributed by atoms with Crippen molar-refractivity contribution >= 4 is 29.9 Å². The van der Waals surface area contributed by atoms with Crippen LogP contribution < -0.4 is 20.7 Å². The molecule has 6 nitrogen and oxygen atoms in total. The first-order valence-corrected chi connectivity index (χ1v) is 7.94. The minimum atomic E-state index is -0.580. The van der Waals surface area contributed by atoms with Crippen molar-refractivity contribution < 1.29 is 14.3 Å². The first-order chi connectivity index (χ1) is 10.9. The summed E-state index contributed by atoms with van der Waals surface area (Å²) < 4.78 is 5.30. The summed E-state index contributed by atoms with van der Waals surface area (Å²) in [6.45, 7) is 4.57. The fourth-order valence-corrected chi connectivity index (χ4v) is 2.80. The molecule has 0 aromatic heterocycles. The molecule has 24 heavy (non-hydrogen) atoms. The number of nitrogens with one attached hydrogen (secondary N) is 1. The molecule has 2 rings (SSSR count). The molecule has 2 amide bonds. The highest BCUT2D eigenvalue weighted by Crippen LogP contribution is 2.31. The van der Waals surface area contributed by atoms with Gasteiger partial charge in [0.2, 0.25) is 11.8 Å². The van der Waals surface area contributed by atoms with Crippen LogP contribution in [0.1, 0.15) is 26.7 Å². The number of ether oxygens (including phenoxy) is 1. The number of carbonyl (C=O) groups excluding carboxylic acids is 2. The van der Waals surface area contributed by atoms with Gasteiger partial charge in [-0.25, -0.2) is 0 Å². The van der Waals surface area contributed by atoms with Crippen molar-refractivity contribution in [3.63, 3.8) is 0 Å². The van der Waals surface area contributed by atoms with E-state index in [1.165, 1.54) is 0 Å². The monoisotopic (exact) mass is 355 g/mol. The second-order valence-electron chi connectivity index (χ2n) is 6.25. The summed E-state index contributed by atoms with van der Waals surface area (Å²) in [6, 6.07) is 6.26. The molecule has 1 aromatic rings. The predicted molar refractivity (Wildman–Crippen MR) is 96.6 cm³/mol. The maximum atomic E-state index is 12.6. The van der Waals surface area contributed by atoms with E-state index in [1.54, 1.807) is 12.0 Å². The Hall–Kier alpha value is -1.79. The Morgan fingerprint density at radius 1 is 1.42 bits per heavy atom. The highest BCUT2D eigenvalue weighted by Gasteiger charge is 2.35. The number of para-hydroxylation sites is 2. The van der Waals surface area contributed by atoms with Crippen LogP contribution in [-0.4, -0.2) is 37.6 Å². The van der Waals surface area contributed by atoms with Gasteiger partial charge in [-0.15, -0.1) is 12.4 Å². The van der Waals surface area contributed by atoms with Crippen molar-refractivity contribution in [3.8, 4) is 5.75 Å². The zero-order chi connectivity index (χ0) is 17.0. The van der Waals surface area contributed by atoms with E-state index in [0.29, 0.717) is 31.1 Å². The highest BCUT2D eigenvalue weighted by molar-refractivity contribution is 6.02. The van der Waals surface area contributed by atoms with Crippen LogP contribution in [0.5, 0.6) is 5.75 Å². The molecule has 1 unspecified atom stereocenters. The quantitative estimate of drug-likeness (QED) is 0.813. The average Bonchev–Trinajstić information content (AvgIpc) is 2.87. The van der Waals surface area contributed by atoms with Gasteiger partial charge in [0.1, 0.15) is 11.8 Å². The first kappa shape index (κ1) is 20.3. The molecule has 1 saturated heterocycles. The third kappa shape index (κ3) is 4.61. The summed E-state index contributed by atoms with van der Waals surface area (Å²) in [7, 11) is 1.57. The number of benzene rings is 1. The Labute approximate surface area is 149 Å². The molecule has 0 aliphatic carbocycles. The van der Waals surface area contributed by atoms with Crippen LogP contribution in [0.3, 0.4) is 0 Å². The molecule has 0 saturated carbocycles. The van der Waals surface area contributed by atoms with Gasteiger partial charge >= 0.3 is 0 Å². The van der Waals surface area contributed by atoms with E-state index < -0.39 is 12.1 Å². The Kier molecular flexibility index (Phi) is 7.51. The van der Waals surface area contributed by atoms with Gasteiger partial charge in [-0.2, -0.15) is 0 Å². The fourth-order valence-electron chi connectivity index (χ4n) is 2.80. The Bertz CT molecular complexity index is 580. The number of hydrogen-bond donors (Lipinski definition) is 2. The third-order valence-corrected chi connectivity index (χ3v) is 3.96. The molecular formula is C17H26ClN3O3. The lowest BCUT2D eigenvalue weighted by molar-refractivity contribution is -0.127. The van der Waals surface area contributed by atoms with E-state index in [9.17, 15) is 9.59 Å². The minimum absolute atomic E-state index is 0. The molecule has 2 atom stereocenters. The minimum Gasteiger partial charge on any atom is -0.495 e. The normalized spacial score (nSPS) is 18.3. The van der Waals surface area contributed by atoms with Crippen LogP contribution in [0.4, 0.5) is 5.69 Å². The zero-order valence-electron chi connectivity index (χ0n) is 14.3. The van der Waals surface area contributed by atoms with E-state index in [0.717, 1.165) is 5.69 Å². The lowest BCUT2D eigenvalue weighted by Crippen LogP contribution is -2.48. The molecule has 0 radical (unpaired) electrons. The van der Waals surface area contributed by atoms with Gasteiger partial charge in [0.25, 0.3) is 0 Å².